The summed E-state index contributed by atoms with van der Waals surface area (Å²) in [6.45, 7) is 0. The third kappa shape index (κ3) is 2.25. The zero-order valence-corrected chi connectivity index (χ0v) is 9.18. The Morgan fingerprint density at radius 3 is 2.69 bits per heavy atom. The van der Waals surface area contributed by atoms with Crippen LogP contribution in [0.5, 0.6) is 5.75 Å². The molecular formula is C10H11ClN2O3. The zero-order chi connectivity index (χ0) is 11.7. The Hall–Kier alpha value is -1.33. The number of benzene rings is 1. The number of nitrogens with zero attached hydrogens (tertiary/aromatic N) is 1. The zero-order valence-electron chi connectivity index (χ0n) is 8.43. The van der Waals surface area contributed by atoms with Gasteiger partial charge in [0.25, 0.3) is 5.69 Å². The molecule has 0 heterocycles. The van der Waals surface area contributed by atoms with E-state index in [4.69, 9.17) is 22.1 Å². The predicted molar refractivity (Wildman–Crippen MR) is 59.7 cm³/mol. The third-order valence-electron chi connectivity index (χ3n) is 2.55. The van der Waals surface area contributed by atoms with Crippen LogP contribution in [0.3, 0.4) is 0 Å². The summed E-state index contributed by atoms with van der Waals surface area (Å²) in [5.74, 6) is 0.549. The molecule has 1 aliphatic carbocycles. The summed E-state index contributed by atoms with van der Waals surface area (Å²) in [7, 11) is 0. The van der Waals surface area contributed by atoms with Gasteiger partial charge < -0.3 is 10.5 Å². The largest absolute Gasteiger partial charge is 0.490 e. The molecule has 0 amide bonds. The highest BCUT2D eigenvalue weighted by Crippen LogP contribution is 2.31. The molecule has 0 spiro atoms. The minimum absolute atomic E-state index is 0.0890. The quantitative estimate of drug-likeness (QED) is 0.650. The van der Waals surface area contributed by atoms with Gasteiger partial charge in [0.05, 0.1) is 4.92 Å². The molecule has 1 fully saturated rings. The van der Waals surface area contributed by atoms with E-state index in [1.165, 1.54) is 12.1 Å². The summed E-state index contributed by atoms with van der Waals surface area (Å²) >= 11 is 5.75. The molecule has 1 aromatic rings. The van der Waals surface area contributed by atoms with E-state index in [1.54, 1.807) is 6.07 Å². The lowest BCUT2D eigenvalue weighted by molar-refractivity contribution is -0.384. The second-order valence-corrected chi connectivity index (χ2v) is 4.25. The highest BCUT2D eigenvalue weighted by Gasteiger charge is 2.27. The minimum Gasteiger partial charge on any atom is -0.490 e. The van der Waals surface area contributed by atoms with Crippen molar-refractivity contribution in [1.29, 1.82) is 0 Å². The van der Waals surface area contributed by atoms with Gasteiger partial charge in [0.15, 0.2) is 0 Å². The van der Waals surface area contributed by atoms with Crippen molar-refractivity contribution in [3.63, 3.8) is 0 Å². The van der Waals surface area contributed by atoms with Gasteiger partial charge in [-0.2, -0.15) is 0 Å². The minimum atomic E-state index is -0.522. The van der Waals surface area contributed by atoms with Gasteiger partial charge in [-0.25, -0.2) is 0 Å². The molecule has 16 heavy (non-hydrogen) atoms. The Labute approximate surface area is 97.3 Å². The lowest BCUT2D eigenvalue weighted by Crippen LogP contribution is -2.43. The maximum Gasteiger partial charge on any atom is 0.288 e. The number of rotatable bonds is 3. The molecule has 2 rings (SSSR count). The summed E-state index contributed by atoms with van der Waals surface area (Å²) in [5.41, 5.74) is 5.51. The molecular weight excluding hydrogens is 232 g/mol. The first-order valence-electron chi connectivity index (χ1n) is 4.92. The van der Waals surface area contributed by atoms with Crippen molar-refractivity contribution in [3.05, 3.63) is 33.3 Å². The smallest absolute Gasteiger partial charge is 0.288 e. The molecule has 1 aromatic carbocycles. The molecule has 86 valence electrons. The number of hydrogen-bond acceptors (Lipinski definition) is 4. The van der Waals surface area contributed by atoms with Crippen LogP contribution in [0.2, 0.25) is 5.02 Å². The average molecular weight is 243 g/mol. The molecule has 0 radical (unpaired) electrons. The Balaban J connectivity index is 2.06. The lowest BCUT2D eigenvalue weighted by Gasteiger charge is -2.32. The van der Waals surface area contributed by atoms with Crippen molar-refractivity contribution in [2.45, 2.75) is 25.0 Å². The maximum absolute atomic E-state index is 10.5. The van der Waals surface area contributed by atoms with Gasteiger partial charge in [0, 0.05) is 18.2 Å². The fourth-order valence-corrected chi connectivity index (χ4v) is 1.84. The molecule has 0 aromatic heterocycles. The first-order chi connectivity index (χ1) is 7.56. The maximum atomic E-state index is 10.5. The van der Waals surface area contributed by atoms with Crippen LogP contribution in [0, 0.1) is 10.1 Å². The summed E-state index contributed by atoms with van der Waals surface area (Å²) in [6, 6.07) is 4.56. The lowest BCUT2D eigenvalue weighted by atomic mass is 9.90. The molecule has 2 N–H and O–H groups in total. The number of ether oxygens (including phenoxy) is 1. The van der Waals surface area contributed by atoms with Crippen LogP contribution >= 0.6 is 11.6 Å². The summed E-state index contributed by atoms with van der Waals surface area (Å²) in [5, 5.41) is 10.6. The monoisotopic (exact) mass is 242 g/mol. The summed E-state index contributed by atoms with van der Waals surface area (Å²) in [4.78, 5) is 10.0. The van der Waals surface area contributed by atoms with Gasteiger partial charge in [-0.1, -0.05) is 11.6 Å². The van der Waals surface area contributed by atoms with E-state index in [-0.39, 0.29) is 22.9 Å². The van der Waals surface area contributed by atoms with Crippen molar-refractivity contribution in [3.8, 4) is 5.75 Å². The van der Waals surface area contributed by atoms with Crippen molar-refractivity contribution in [2.24, 2.45) is 5.73 Å². The Bertz CT molecular complexity index is 419. The highest BCUT2D eigenvalue weighted by atomic mass is 35.5. The molecule has 0 saturated heterocycles. The molecule has 1 aliphatic rings. The van der Waals surface area contributed by atoms with Crippen LogP contribution in [0.1, 0.15) is 12.8 Å². The van der Waals surface area contributed by atoms with Crippen molar-refractivity contribution in [2.75, 3.05) is 0 Å². The SMILES string of the molecule is NC1CC(Oc2ccc([N+](=O)[O-])c(Cl)c2)C1. The number of nitro groups is 1. The average Bonchev–Trinajstić information content (AvgIpc) is 2.15. The van der Waals surface area contributed by atoms with Crippen LogP contribution in [0.25, 0.3) is 0 Å². The fraction of sp³-hybridized carbons (Fsp3) is 0.400. The van der Waals surface area contributed by atoms with Gasteiger partial charge in [-0.05, 0) is 18.9 Å². The third-order valence-corrected chi connectivity index (χ3v) is 2.85. The number of nitrogens with two attached hydrogens (primary N) is 1. The molecule has 5 nitrogen and oxygen atoms in total. The van der Waals surface area contributed by atoms with E-state index >= 15 is 0 Å². The Morgan fingerprint density at radius 1 is 1.50 bits per heavy atom. The van der Waals surface area contributed by atoms with Gasteiger partial charge >= 0.3 is 0 Å². The molecule has 0 bridgehead atoms. The Morgan fingerprint density at radius 2 is 2.19 bits per heavy atom. The van der Waals surface area contributed by atoms with Crippen molar-refractivity contribution < 1.29 is 9.66 Å². The molecule has 1 saturated carbocycles. The van der Waals surface area contributed by atoms with E-state index in [9.17, 15) is 10.1 Å². The predicted octanol–water partition coefficient (Wildman–Crippen LogP) is 2.12. The van der Waals surface area contributed by atoms with Crippen LogP contribution in [0.4, 0.5) is 5.69 Å². The van der Waals surface area contributed by atoms with Crippen molar-refractivity contribution >= 4 is 17.3 Å². The van der Waals surface area contributed by atoms with Gasteiger partial charge in [0.1, 0.15) is 16.9 Å². The second-order valence-electron chi connectivity index (χ2n) is 3.84. The van der Waals surface area contributed by atoms with Crippen LogP contribution in [-0.2, 0) is 0 Å². The van der Waals surface area contributed by atoms with Gasteiger partial charge in [-0.15, -0.1) is 0 Å². The molecule has 0 unspecified atom stereocenters. The Kier molecular flexibility index (Phi) is 2.98. The highest BCUT2D eigenvalue weighted by molar-refractivity contribution is 6.32. The first-order valence-corrected chi connectivity index (χ1v) is 5.30. The van der Waals surface area contributed by atoms with Crippen LogP contribution < -0.4 is 10.5 Å². The fourth-order valence-electron chi connectivity index (χ4n) is 1.60. The van der Waals surface area contributed by atoms with E-state index < -0.39 is 4.92 Å². The first kappa shape index (κ1) is 11.2. The van der Waals surface area contributed by atoms with Crippen LogP contribution in [0.15, 0.2) is 18.2 Å². The van der Waals surface area contributed by atoms with E-state index in [0.717, 1.165) is 12.8 Å². The van der Waals surface area contributed by atoms with Crippen molar-refractivity contribution in [1.82, 2.24) is 0 Å². The summed E-state index contributed by atoms with van der Waals surface area (Å²) in [6.07, 6.45) is 1.73. The standard InChI is InChI=1S/C10H11ClN2O3/c11-9-5-7(1-2-10(9)13(14)15)16-8-3-6(12)4-8/h1-2,5-6,8H,3-4,12H2. The summed E-state index contributed by atoms with van der Waals surface area (Å²) < 4.78 is 5.55. The molecule has 6 heteroatoms. The van der Waals surface area contributed by atoms with Gasteiger partial charge in [-0.3, -0.25) is 10.1 Å². The molecule has 0 atom stereocenters. The van der Waals surface area contributed by atoms with E-state index in [0.29, 0.717) is 5.75 Å². The van der Waals surface area contributed by atoms with Crippen LogP contribution in [-0.4, -0.2) is 17.1 Å². The topological polar surface area (TPSA) is 78.4 Å². The van der Waals surface area contributed by atoms with E-state index in [2.05, 4.69) is 0 Å². The normalized spacial score (nSPS) is 23.6. The van der Waals surface area contributed by atoms with Gasteiger partial charge in [0.2, 0.25) is 0 Å². The number of nitro benzene ring substituents is 1. The molecule has 0 aliphatic heterocycles. The second kappa shape index (κ2) is 4.27. The number of hydrogen-bond donors (Lipinski definition) is 1. The number of halogens is 1. The van der Waals surface area contributed by atoms with E-state index in [1.807, 2.05) is 0 Å².